The molecule has 56 heavy (non-hydrogen) atoms. The largest absolute Gasteiger partial charge is 0.310 e. The molecule has 0 amide bonds. The third kappa shape index (κ3) is 5.32. The molecule has 0 N–H and O–H groups in total. The van der Waals surface area contributed by atoms with Gasteiger partial charge >= 0.3 is 0 Å². The Kier molecular flexibility index (Phi) is 7.64. The van der Waals surface area contributed by atoms with E-state index in [4.69, 9.17) is 0 Å². The zero-order valence-electron chi connectivity index (χ0n) is 30.9. The Bertz CT molecular complexity index is 3050. The molecule has 1 nitrogen and oxygen atoms in total. The van der Waals surface area contributed by atoms with Gasteiger partial charge in [0.05, 0.1) is 0 Å². The number of benzene rings is 10. The van der Waals surface area contributed by atoms with Crippen LogP contribution < -0.4 is 4.90 Å². The first kappa shape index (κ1) is 32.2. The minimum Gasteiger partial charge on any atom is -0.310 e. The van der Waals surface area contributed by atoms with E-state index in [0.717, 1.165) is 12.1 Å². The second kappa shape index (κ2) is 13.3. The van der Waals surface area contributed by atoms with Gasteiger partial charge in [0.1, 0.15) is 0 Å². The van der Waals surface area contributed by atoms with Crippen molar-refractivity contribution in [3.05, 3.63) is 223 Å². The van der Waals surface area contributed by atoms with Crippen LogP contribution in [0.5, 0.6) is 0 Å². The molecule has 0 spiro atoms. The van der Waals surface area contributed by atoms with Crippen molar-refractivity contribution in [2.24, 2.45) is 0 Å². The van der Waals surface area contributed by atoms with Gasteiger partial charge in [-0.2, -0.15) is 0 Å². The predicted octanol–water partition coefficient (Wildman–Crippen LogP) is 15.2. The fourth-order valence-corrected chi connectivity index (χ4v) is 9.05. The Balaban J connectivity index is 1.23. The van der Waals surface area contributed by atoms with Crippen molar-refractivity contribution in [2.45, 2.75) is 6.42 Å². The number of rotatable bonds is 5. The lowest BCUT2D eigenvalue weighted by molar-refractivity contribution is 1.09. The van der Waals surface area contributed by atoms with E-state index in [1.54, 1.807) is 0 Å². The van der Waals surface area contributed by atoms with Crippen molar-refractivity contribution in [3.63, 3.8) is 0 Å². The second-order valence-electron chi connectivity index (χ2n) is 14.9. The standard InChI is InChI=1S/C55H37N/c1-4-16-37(17-5-1)48-33-40-22-10-11-23-41(40)34-49(48)42-28-30-46-47-31-29-45(56-52-26-14-12-24-43(52)32-44-25-13-15-27-53(44)56)36-51(47)55(39-20-8-3-9-21-39)54(50(46)35-42)38-18-6-2-7-19-38/h1-31,33-36H,32H2. The van der Waals surface area contributed by atoms with Gasteiger partial charge in [-0.1, -0.05) is 170 Å². The van der Waals surface area contributed by atoms with Crippen LogP contribution in [0.25, 0.3) is 76.8 Å². The topological polar surface area (TPSA) is 3.24 Å². The normalized spacial score (nSPS) is 12.2. The summed E-state index contributed by atoms with van der Waals surface area (Å²) < 4.78 is 0. The average molecular weight is 712 g/mol. The maximum absolute atomic E-state index is 2.46. The van der Waals surface area contributed by atoms with E-state index in [2.05, 4.69) is 217 Å². The lowest BCUT2D eigenvalue weighted by atomic mass is 9.83. The molecule has 10 aromatic carbocycles. The van der Waals surface area contributed by atoms with Crippen molar-refractivity contribution >= 4 is 49.4 Å². The number of anilines is 3. The van der Waals surface area contributed by atoms with Crippen LogP contribution in [0.15, 0.2) is 212 Å². The number of fused-ring (bicyclic) bond motifs is 6. The minimum atomic E-state index is 0.931. The maximum atomic E-state index is 2.46. The molecule has 1 aliphatic rings. The van der Waals surface area contributed by atoms with E-state index in [1.165, 1.54) is 99.3 Å². The van der Waals surface area contributed by atoms with Gasteiger partial charge in [0.2, 0.25) is 0 Å². The third-order valence-electron chi connectivity index (χ3n) is 11.6. The van der Waals surface area contributed by atoms with Gasteiger partial charge in [-0.3, -0.25) is 0 Å². The molecule has 1 aliphatic heterocycles. The maximum Gasteiger partial charge on any atom is 0.0497 e. The van der Waals surface area contributed by atoms with E-state index in [1.807, 2.05) is 0 Å². The highest BCUT2D eigenvalue weighted by Crippen LogP contribution is 2.50. The fraction of sp³-hybridized carbons (Fsp3) is 0.0182. The molecule has 0 radical (unpaired) electrons. The second-order valence-corrected chi connectivity index (χ2v) is 14.9. The molecule has 1 heterocycles. The predicted molar refractivity (Wildman–Crippen MR) is 238 cm³/mol. The van der Waals surface area contributed by atoms with Crippen LogP contribution in [0, 0.1) is 0 Å². The van der Waals surface area contributed by atoms with Crippen LogP contribution in [0.3, 0.4) is 0 Å². The molecular formula is C55H37N. The van der Waals surface area contributed by atoms with Crippen molar-refractivity contribution in [1.82, 2.24) is 0 Å². The molecule has 0 aromatic heterocycles. The number of nitrogens with zero attached hydrogens (tertiary/aromatic N) is 1. The van der Waals surface area contributed by atoms with E-state index in [0.29, 0.717) is 0 Å². The van der Waals surface area contributed by atoms with Gasteiger partial charge in [0, 0.05) is 23.5 Å². The van der Waals surface area contributed by atoms with Gasteiger partial charge in [0.25, 0.3) is 0 Å². The first-order valence-corrected chi connectivity index (χ1v) is 19.5. The van der Waals surface area contributed by atoms with Gasteiger partial charge < -0.3 is 4.90 Å². The van der Waals surface area contributed by atoms with Crippen LogP contribution in [-0.4, -0.2) is 0 Å². The Labute approximate surface area is 327 Å². The minimum absolute atomic E-state index is 0.931. The Morgan fingerprint density at radius 3 is 1.32 bits per heavy atom. The molecule has 0 unspecified atom stereocenters. The Hall–Kier alpha value is -7.22. The molecule has 11 rings (SSSR count). The summed E-state index contributed by atoms with van der Waals surface area (Å²) in [6.45, 7) is 0. The molecular weight excluding hydrogens is 675 g/mol. The quantitative estimate of drug-likeness (QED) is 0.161. The van der Waals surface area contributed by atoms with Crippen molar-refractivity contribution in [2.75, 3.05) is 4.90 Å². The molecule has 0 saturated carbocycles. The van der Waals surface area contributed by atoms with Gasteiger partial charge in [-0.25, -0.2) is 0 Å². The Morgan fingerprint density at radius 1 is 0.304 bits per heavy atom. The summed E-state index contributed by atoms with van der Waals surface area (Å²) in [6, 6.07) is 78.2. The number of para-hydroxylation sites is 2. The summed E-state index contributed by atoms with van der Waals surface area (Å²) in [5, 5.41) is 7.46. The molecule has 262 valence electrons. The molecule has 0 aliphatic carbocycles. The van der Waals surface area contributed by atoms with E-state index in [9.17, 15) is 0 Å². The highest BCUT2D eigenvalue weighted by Gasteiger charge is 2.25. The van der Waals surface area contributed by atoms with Crippen LogP contribution in [-0.2, 0) is 6.42 Å². The zero-order chi connectivity index (χ0) is 37.0. The highest BCUT2D eigenvalue weighted by atomic mass is 15.2. The first-order valence-electron chi connectivity index (χ1n) is 19.5. The molecule has 1 heteroatoms. The molecule has 0 bridgehead atoms. The van der Waals surface area contributed by atoms with Crippen molar-refractivity contribution in [1.29, 1.82) is 0 Å². The number of hydrogen-bond acceptors (Lipinski definition) is 1. The van der Waals surface area contributed by atoms with E-state index in [-0.39, 0.29) is 0 Å². The Morgan fingerprint density at radius 2 is 0.750 bits per heavy atom. The molecule has 0 fully saturated rings. The van der Waals surface area contributed by atoms with Crippen molar-refractivity contribution < 1.29 is 0 Å². The molecule has 0 saturated heterocycles. The lowest BCUT2D eigenvalue weighted by Crippen LogP contribution is -2.18. The summed E-state index contributed by atoms with van der Waals surface area (Å²) in [6.07, 6.45) is 0.931. The molecule has 0 atom stereocenters. The van der Waals surface area contributed by atoms with Crippen LogP contribution in [0.2, 0.25) is 0 Å². The van der Waals surface area contributed by atoms with E-state index >= 15 is 0 Å². The van der Waals surface area contributed by atoms with Crippen molar-refractivity contribution in [3.8, 4) is 44.5 Å². The van der Waals surface area contributed by atoms with Crippen LogP contribution in [0.1, 0.15) is 11.1 Å². The summed E-state index contributed by atoms with van der Waals surface area (Å²) in [5.41, 5.74) is 16.1. The van der Waals surface area contributed by atoms with Crippen LogP contribution >= 0.6 is 0 Å². The highest BCUT2D eigenvalue weighted by molar-refractivity contribution is 6.23. The SMILES string of the molecule is c1ccc(-c2cc3ccccc3cc2-c2ccc3c(c2)c(-c2ccccc2)c(-c2ccccc2)c2cc(N4c5ccccc5Cc5ccccc54)ccc23)cc1. The molecule has 10 aromatic rings. The summed E-state index contributed by atoms with van der Waals surface area (Å²) in [7, 11) is 0. The van der Waals surface area contributed by atoms with Crippen LogP contribution in [0.4, 0.5) is 17.1 Å². The fourth-order valence-electron chi connectivity index (χ4n) is 9.05. The third-order valence-corrected chi connectivity index (χ3v) is 11.6. The smallest absolute Gasteiger partial charge is 0.0497 e. The monoisotopic (exact) mass is 711 g/mol. The average Bonchev–Trinajstić information content (AvgIpc) is 3.27. The first-order chi connectivity index (χ1) is 27.8. The number of hydrogen-bond donors (Lipinski definition) is 0. The summed E-state index contributed by atoms with van der Waals surface area (Å²) >= 11 is 0. The lowest BCUT2D eigenvalue weighted by Gasteiger charge is -2.34. The van der Waals surface area contributed by atoms with Gasteiger partial charge in [-0.15, -0.1) is 0 Å². The van der Waals surface area contributed by atoms with Gasteiger partial charge in [0.15, 0.2) is 0 Å². The van der Waals surface area contributed by atoms with Gasteiger partial charge in [-0.05, 0) is 130 Å². The van der Waals surface area contributed by atoms with E-state index < -0.39 is 0 Å². The zero-order valence-corrected chi connectivity index (χ0v) is 30.9. The summed E-state index contributed by atoms with van der Waals surface area (Å²) in [5.74, 6) is 0. The summed E-state index contributed by atoms with van der Waals surface area (Å²) in [4.78, 5) is 2.46.